The second-order valence-corrected chi connectivity index (χ2v) is 4.88. The molecular formula is C11H24N2. The molecule has 0 radical (unpaired) electrons. The number of nitrogens with zero attached hydrogens (tertiary/aromatic N) is 1. The Balaban J connectivity index is 2.48. The second kappa shape index (κ2) is 4.43. The molecule has 78 valence electrons. The number of likely N-dealkylation sites (tertiary alicyclic amines) is 1. The van der Waals surface area contributed by atoms with Gasteiger partial charge in [0.15, 0.2) is 0 Å². The molecule has 1 atom stereocenters. The first-order valence-corrected chi connectivity index (χ1v) is 5.49. The average Bonchev–Trinajstić information content (AvgIpc) is 2.08. The molecule has 0 aliphatic carbocycles. The first-order chi connectivity index (χ1) is 6.10. The zero-order chi connectivity index (χ0) is 9.90. The standard InChI is InChI=1S/C11H24N2/c1-5-7-13-8-6-11(2,3)10(9-13)12-4/h10,12H,5-9H2,1-4H3. The lowest BCUT2D eigenvalue weighted by molar-refractivity contribution is 0.0900. The van der Waals surface area contributed by atoms with Crippen LogP contribution in [0.1, 0.15) is 33.6 Å². The first-order valence-electron chi connectivity index (χ1n) is 5.49. The van der Waals surface area contributed by atoms with Crippen LogP contribution in [-0.2, 0) is 0 Å². The summed E-state index contributed by atoms with van der Waals surface area (Å²) in [6.45, 7) is 10.8. The Kier molecular flexibility index (Phi) is 3.74. The summed E-state index contributed by atoms with van der Waals surface area (Å²) in [5.74, 6) is 0. The van der Waals surface area contributed by atoms with E-state index in [1.807, 2.05) is 0 Å². The van der Waals surface area contributed by atoms with Crippen molar-refractivity contribution >= 4 is 0 Å². The predicted octanol–water partition coefficient (Wildman–Crippen LogP) is 1.72. The summed E-state index contributed by atoms with van der Waals surface area (Å²) in [5.41, 5.74) is 0.471. The van der Waals surface area contributed by atoms with Gasteiger partial charge in [-0.05, 0) is 38.4 Å². The van der Waals surface area contributed by atoms with E-state index in [0.717, 1.165) is 0 Å². The third kappa shape index (κ3) is 2.68. The van der Waals surface area contributed by atoms with Gasteiger partial charge in [-0.25, -0.2) is 0 Å². The first kappa shape index (κ1) is 11.0. The van der Waals surface area contributed by atoms with Gasteiger partial charge in [0.25, 0.3) is 0 Å². The minimum Gasteiger partial charge on any atom is -0.315 e. The molecule has 0 bridgehead atoms. The van der Waals surface area contributed by atoms with Crippen LogP contribution >= 0.6 is 0 Å². The Morgan fingerprint density at radius 3 is 2.69 bits per heavy atom. The van der Waals surface area contributed by atoms with E-state index in [1.54, 1.807) is 0 Å². The molecule has 1 unspecified atom stereocenters. The Morgan fingerprint density at radius 1 is 1.46 bits per heavy atom. The van der Waals surface area contributed by atoms with Crippen LogP contribution in [0.4, 0.5) is 0 Å². The molecule has 2 heteroatoms. The van der Waals surface area contributed by atoms with Gasteiger partial charge in [0.1, 0.15) is 0 Å². The number of rotatable bonds is 3. The molecule has 1 rings (SSSR count). The average molecular weight is 184 g/mol. The van der Waals surface area contributed by atoms with Crippen molar-refractivity contribution in [1.29, 1.82) is 0 Å². The summed E-state index contributed by atoms with van der Waals surface area (Å²) >= 11 is 0. The van der Waals surface area contributed by atoms with E-state index in [0.29, 0.717) is 11.5 Å². The monoisotopic (exact) mass is 184 g/mol. The topological polar surface area (TPSA) is 15.3 Å². The molecular weight excluding hydrogens is 160 g/mol. The Bertz CT molecular complexity index is 154. The van der Waals surface area contributed by atoms with Crippen molar-refractivity contribution in [2.75, 3.05) is 26.7 Å². The largest absolute Gasteiger partial charge is 0.315 e. The molecule has 1 aliphatic heterocycles. The van der Waals surface area contributed by atoms with Gasteiger partial charge in [-0.3, -0.25) is 0 Å². The normalized spacial score (nSPS) is 29.1. The van der Waals surface area contributed by atoms with Crippen molar-refractivity contribution < 1.29 is 0 Å². The third-order valence-electron chi connectivity index (χ3n) is 3.34. The summed E-state index contributed by atoms with van der Waals surface area (Å²) in [7, 11) is 2.09. The highest BCUT2D eigenvalue weighted by Gasteiger charge is 2.33. The van der Waals surface area contributed by atoms with E-state index in [4.69, 9.17) is 0 Å². The van der Waals surface area contributed by atoms with Gasteiger partial charge in [-0.1, -0.05) is 20.8 Å². The summed E-state index contributed by atoms with van der Waals surface area (Å²) in [5, 5.41) is 3.44. The highest BCUT2D eigenvalue weighted by Crippen LogP contribution is 2.30. The molecule has 1 heterocycles. The zero-order valence-electron chi connectivity index (χ0n) is 9.56. The predicted molar refractivity (Wildman–Crippen MR) is 58.0 cm³/mol. The molecule has 13 heavy (non-hydrogen) atoms. The third-order valence-corrected chi connectivity index (χ3v) is 3.34. The molecule has 0 aromatic carbocycles. The lowest BCUT2D eigenvalue weighted by Gasteiger charge is -2.43. The maximum Gasteiger partial charge on any atom is 0.0243 e. The van der Waals surface area contributed by atoms with E-state index in [9.17, 15) is 0 Å². The van der Waals surface area contributed by atoms with Crippen LogP contribution in [0.15, 0.2) is 0 Å². The van der Waals surface area contributed by atoms with Crippen LogP contribution < -0.4 is 5.32 Å². The molecule has 0 amide bonds. The summed E-state index contributed by atoms with van der Waals surface area (Å²) in [6.07, 6.45) is 2.59. The van der Waals surface area contributed by atoms with Gasteiger partial charge >= 0.3 is 0 Å². The highest BCUT2D eigenvalue weighted by atomic mass is 15.2. The Morgan fingerprint density at radius 2 is 2.15 bits per heavy atom. The fraction of sp³-hybridized carbons (Fsp3) is 1.00. The van der Waals surface area contributed by atoms with Crippen molar-refractivity contribution in [3.8, 4) is 0 Å². The van der Waals surface area contributed by atoms with E-state index >= 15 is 0 Å². The van der Waals surface area contributed by atoms with Crippen LogP contribution in [0.3, 0.4) is 0 Å². The Labute approximate surface area is 82.7 Å². The van der Waals surface area contributed by atoms with Crippen LogP contribution in [0.25, 0.3) is 0 Å². The number of likely N-dealkylation sites (N-methyl/N-ethyl adjacent to an activating group) is 1. The molecule has 2 nitrogen and oxygen atoms in total. The van der Waals surface area contributed by atoms with Crippen LogP contribution in [0.2, 0.25) is 0 Å². The fourth-order valence-corrected chi connectivity index (χ4v) is 2.22. The van der Waals surface area contributed by atoms with Crippen molar-refractivity contribution in [1.82, 2.24) is 10.2 Å². The minimum absolute atomic E-state index is 0.471. The van der Waals surface area contributed by atoms with Gasteiger partial charge in [0.05, 0.1) is 0 Å². The maximum atomic E-state index is 3.44. The van der Waals surface area contributed by atoms with E-state index in [-0.39, 0.29) is 0 Å². The van der Waals surface area contributed by atoms with Gasteiger partial charge < -0.3 is 10.2 Å². The molecule has 1 saturated heterocycles. The number of nitrogens with one attached hydrogen (secondary N) is 1. The van der Waals surface area contributed by atoms with Crippen molar-refractivity contribution in [3.05, 3.63) is 0 Å². The van der Waals surface area contributed by atoms with Gasteiger partial charge in [0.2, 0.25) is 0 Å². The molecule has 0 aromatic rings. The second-order valence-electron chi connectivity index (χ2n) is 4.88. The zero-order valence-corrected chi connectivity index (χ0v) is 9.56. The number of piperidine rings is 1. The van der Waals surface area contributed by atoms with E-state index in [2.05, 4.69) is 38.0 Å². The molecule has 1 aliphatic rings. The highest BCUT2D eigenvalue weighted by molar-refractivity contribution is 4.90. The summed E-state index contributed by atoms with van der Waals surface area (Å²) < 4.78 is 0. The van der Waals surface area contributed by atoms with Crippen molar-refractivity contribution in [2.24, 2.45) is 5.41 Å². The number of hydrogen-bond donors (Lipinski definition) is 1. The fourth-order valence-electron chi connectivity index (χ4n) is 2.22. The van der Waals surface area contributed by atoms with Gasteiger partial charge in [-0.2, -0.15) is 0 Å². The summed E-state index contributed by atoms with van der Waals surface area (Å²) in [6, 6.07) is 0.660. The van der Waals surface area contributed by atoms with E-state index in [1.165, 1.54) is 32.5 Å². The van der Waals surface area contributed by atoms with E-state index < -0.39 is 0 Å². The lowest BCUT2D eigenvalue weighted by atomic mass is 9.78. The van der Waals surface area contributed by atoms with Crippen molar-refractivity contribution in [2.45, 2.75) is 39.7 Å². The smallest absolute Gasteiger partial charge is 0.0243 e. The number of hydrogen-bond acceptors (Lipinski definition) is 2. The van der Waals surface area contributed by atoms with Gasteiger partial charge in [0, 0.05) is 12.6 Å². The molecule has 0 saturated carbocycles. The molecule has 0 aromatic heterocycles. The molecule has 1 fully saturated rings. The quantitative estimate of drug-likeness (QED) is 0.718. The SMILES string of the molecule is CCCN1CCC(C)(C)C(NC)C1. The Hall–Kier alpha value is -0.0800. The molecule has 0 spiro atoms. The van der Waals surface area contributed by atoms with Gasteiger partial charge in [-0.15, -0.1) is 0 Å². The maximum absolute atomic E-state index is 3.44. The minimum atomic E-state index is 0.471. The van der Waals surface area contributed by atoms with Crippen LogP contribution in [0, 0.1) is 5.41 Å². The van der Waals surface area contributed by atoms with Crippen LogP contribution in [0.5, 0.6) is 0 Å². The lowest BCUT2D eigenvalue weighted by Crippen LogP contribution is -2.54. The molecule has 1 N–H and O–H groups in total. The summed E-state index contributed by atoms with van der Waals surface area (Å²) in [4.78, 5) is 2.58. The van der Waals surface area contributed by atoms with Crippen molar-refractivity contribution in [3.63, 3.8) is 0 Å². The van der Waals surface area contributed by atoms with Crippen LogP contribution in [-0.4, -0.2) is 37.6 Å².